The zero-order chi connectivity index (χ0) is 13.0. The van der Waals surface area contributed by atoms with Gasteiger partial charge < -0.3 is 4.74 Å². The number of methoxy groups -OCH3 is 1. The first-order chi connectivity index (χ1) is 8.74. The molecule has 92 valence electrons. The lowest BCUT2D eigenvalue weighted by atomic mass is 10.1. The van der Waals surface area contributed by atoms with Gasteiger partial charge in [0.25, 0.3) is 0 Å². The number of aryl methyl sites for hydroxylation is 1. The van der Waals surface area contributed by atoms with Crippen LogP contribution in [0.1, 0.15) is 22.8 Å². The Morgan fingerprint density at radius 1 is 1.22 bits per heavy atom. The number of ether oxygens (including phenoxy) is 1. The molecule has 0 saturated heterocycles. The minimum absolute atomic E-state index is 0.344. The lowest BCUT2D eigenvalue weighted by Gasteiger charge is -2.04. The quantitative estimate of drug-likeness (QED) is 0.775. The van der Waals surface area contributed by atoms with Gasteiger partial charge in [0.1, 0.15) is 0 Å². The Bertz CT molecular complexity index is 547. The lowest BCUT2D eigenvalue weighted by Crippen LogP contribution is -2.01. The van der Waals surface area contributed by atoms with Crippen molar-refractivity contribution in [3.8, 4) is 11.3 Å². The molecule has 0 aliphatic rings. The van der Waals surface area contributed by atoms with E-state index in [1.807, 2.05) is 12.1 Å². The average molecular weight is 241 g/mol. The van der Waals surface area contributed by atoms with Gasteiger partial charge in [-0.2, -0.15) is 0 Å². The summed E-state index contributed by atoms with van der Waals surface area (Å²) in [5.74, 6) is -0.344. The molecule has 0 unspecified atom stereocenters. The molecule has 0 fully saturated rings. The second-order valence-corrected chi connectivity index (χ2v) is 3.97. The number of benzene rings is 1. The summed E-state index contributed by atoms with van der Waals surface area (Å²) in [5.41, 5.74) is 3.57. The first-order valence-electron chi connectivity index (χ1n) is 5.88. The molecular formula is C15H15NO2. The van der Waals surface area contributed by atoms with Crippen LogP contribution in [0, 0.1) is 0 Å². The molecule has 3 heteroatoms. The number of aromatic nitrogens is 1. The SMILES string of the molecule is CCc1ccc(-c2cc(C(=O)OC)ccn2)cc1. The van der Waals surface area contributed by atoms with E-state index >= 15 is 0 Å². The van der Waals surface area contributed by atoms with Gasteiger partial charge in [-0.15, -0.1) is 0 Å². The van der Waals surface area contributed by atoms with Crippen molar-refractivity contribution in [2.45, 2.75) is 13.3 Å². The highest BCUT2D eigenvalue weighted by Crippen LogP contribution is 2.19. The van der Waals surface area contributed by atoms with E-state index in [1.165, 1.54) is 12.7 Å². The van der Waals surface area contributed by atoms with Crippen LogP contribution in [-0.2, 0) is 11.2 Å². The maximum atomic E-state index is 11.4. The summed E-state index contributed by atoms with van der Waals surface area (Å²) in [7, 11) is 1.37. The number of carbonyl (C=O) groups excluding carboxylic acids is 1. The highest BCUT2D eigenvalue weighted by atomic mass is 16.5. The Morgan fingerprint density at radius 2 is 1.94 bits per heavy atom. The minimum atomic E-state index is -0.344. The number of esters is 1. The predicted molar refractivity (Wildman–Crippen MR) is 70.4 cm³/mol. The molecule has 0 saturated carbocycles. The van der Waals surface area contributed by atoms with E-state index in [0.717, 1.165) is 17.7 Å². The predicted octanol–water partition coefficient (Wildman–Crippen LogP) is 3.10. The second kappa shape index (κ2) is 5.45. The molecule has 0 spiro atoms. The smallest absolute Gasteiger partial charge is 0.337 e. The van der Waals surface area contributed by atoms with Crippen LogP contribution < -0.4 is 0 Å². The van der Waals surface area contributed by atoms with E-state index in [2.05, 4.69) is 24.0 Å². The fraction of sp³-hybridized carbons (Fsp3) is 0.200. The largest absolute Gasteiger partial charge is 0.465 e. The highest BCUT2D eigenvalue weighted by molar-refractivity contribution is 5.90. The van der Waals surface area contributed by atoms with Crippen molar-refractivity contribution in [3.05, 3.63) is 53.7 Å². The van der Waals surface area contributed by atoms with Gasteiger partial charge >= 0.3 is 5.97 Å². The molecule has 0 amide bonds. The summed E-state index contributed by atoms with van der Waals surface area (Å²) < 4.78 is 4.70. The molecule has 0 radical (unpaired) electrons. The van der Waals surface area contributed by atoms with Gasteiger partial charge in [-0.25, -0.2) is 4.79 Å². The monoisotopic (exact) mass is 241 g/mol. The van der Waals surface area contributed by atoms with Gasteiger partial charge in [0, 0.05) is 11.8 Å². The molecule has 2 aromatic rings. The van der Waals surface area contributed by atoms with Crippen molar-refractivity contribution in [2.75, 3.05) is 7.11 Å². The molecule has 1 aromatic heterocycles. The summed E-state index contributed by atoms with van der Waals surface area (Å²) in [6.45, 7) is 2.12. The Morgan fingerprint density at radius 3 is 2.56 bits per heavy atom. The molecule has 0 atom stereocenters. The van der Waals surface area contributed by atoms with Crippen molar-refractivity contribution < 1.29 is 9.53 Å². The topological polar surface area (TPSA) is 39.2 Å². The molecule has 0 aliphatic heterocycles. The third-order valence-electron chi connectivity index (χ3n) is 2.84. The summed E-state index contributed by atoms with van der Waals surface area (Å²) in [6.07, 6.45) is 2.63. The number of carbonyl (C=O) groups is 1. The van der Waals surface area contributed by atoms with Gasteiger partial charge in [0.2, 0.25) is 0 Å². The van der Waals surface area contributed by atoms with Crippen LogP contribution >= 0.6 is 0 Å². The number of hydrogen-bond donors (Lipinski definition) is 0. The number of pyridine rings is 1. The summed E-state index contributed by atoms with van der Waals surface area (Å²) in [5, 5.41) is 0. The van der Waals surface area contributed by atoms with E-state index in [4.69, 9.17) is 4.74 Å². The minimum Gasteiger partial charge on any atom is -0.465 e. The Kier molecular flexibility index (Phi) is 3.72. The van der Waals surface area contributed by atoms with Gasteiger partial charge in [0.15, 0.2) is 0 Å². The van der Waals surface area contributed by atoms with Crippen LogP contribution in [0.2, 0.25) is 0 Å². The van der Waals surface area contributed by atoms with Gasteiger partial charge in [-0.05, 0) is 24.1 Å². The van der Waals surface area contributed by atoms with Crippen LogP contribution in [0.25, 0.3) is 11.3 Å². The van der Waals surface area contributed by atoms with Gasteiger partial charge in [-0.3, -0.25) is 4.98 Å². The van der Waals surface area contributed by atoms with Gasteiger partial charge in [0.05, 0.1) is 18.4 Å². The van der Waals surface area contributed by atoms with Crippen LogP contribution in [0.15, 0.2) is 42.6 Å². The van der Waals surface area contributed by atoms with Crippen LogP contribution in [-0.4, -0.2) is 18.1 Å². The summed E-state index contributed by atoms with van der Waals surface area (Å²) >= 11 is 0. The Balaban J connectivity index is 2.35. The summed E-state index contributed by atoms with van der Waals surface area (Å²) in [6, 6.07) is 11.6. The number of rotatable bonds is 3. The third kappa shape index (κ3) is 2.56. The molecule has 3 nitrogen and oxygen atoms in total. The number of nitrogens with zero attached hydrogens (tertiary/aromatic N) is 1. The number of hydrogen-bond acceptors (Lipinski definition) is 3. The second-order valence-electron chi connectivity index (χ2n) is 3.97. The molecule has 1 aromatic carbocycles. The van der Waals surface area contributed by atoms with Crippen LogP contribution in [0.3, 0.4) is 0 Å². The first-order valence-corrected chi connectivity index (χ1v) is 5.88. The fourth-order valence-electron chi connectivity index (χ4n) is 1.74. The molecule has 1 heterocycles. The van der Waals surface area contributed by atoms with Crippen molar-refractivity contribution in [2.24, 2.45) is 0 Å². The maximum absolute atomic E-state index is 11.4. The normalized spacial score (nSPS) is 10.1. The Labute approximate surface area is 106 Å². The zero-order valence-corrected chi connectivity index (χ0v) is 10.5. The van der Waals surface area contributed by atoms with E-state index in [0.29, 0.717) is 5.56 Å². The van der Waals surface area contributed by atoms with E-state index < -0.39 is 0 Å². The third-order valence-corrected chi connectivity index (χ3v) is 2.84. The van der Waals surface area contributed by atoms with Crippen molar-refractivity contribution >= 4 is 5.97 Å². The molecule has 0 aliphatic carbocycles. The fourth-order valence-corrected chi connectivity index (χ4v) is 1.74. The van der Waals surface area contributed by atoms with Crippen molar-refractivity contribution in [1.82, 2.24) is 4.98 Å². The van der Waals surface area contributed by atoms with Crippen molar-refractivity contribution in [3.63, 3.8) is 0 Å². The zero-order valence-electron chi connectivity index (χ0n) is 10.5. The van der Waals surface area contributed by atoms with Crippen LogP contribution in [0.4, 0.5) is 0 Å². The first kappa shape index (κ1) is 12.3. The van der Waals surface area contributed by atoms with Crippen LogP contribution in [0.5, 0.6) is 0 Å². The Hall–Kier alpha value is -2.16. The van der Waals surface area contributed by atoms with Gasteiger partial charge in [-0.1, -0.05) is 31.2 Å². The lowest BCUT2D eigenvalue weighted by molar-refractivity contribution is 0.0600. The standard InChI is InChI=1S/C15H15NO2/c1-3-11-4-6-12(7-5-11)14-10-13(8-9-16-14)15(17)18-2/h4-10H,3H2,1-2H3. The van der Waals surface area contributed by atoms with Crippen molar-refractivity contribution in [1.29, 1.82) is 0 Å². The summed E-state index contributed by atoms with van der Waals surface area (Å²) in [4.78, 5) is 15.7. The molecule has 0 bridgehead atoms. The maximum Gasteiger partial charge on any atom is 0.337 e. The molecular weight excluding hydrogens is 226 g/mol. The van der Waals surface area contributed by atoms with E-state index in [9.17, 15) is 4.79 Å². The van der Waals surface area contributed by atoms with E-state index in [1.54, 1.807) is 18.3 Å². The van der Waals surface area contributed by atoms with E-state index in [-0.39, 0.29) is 5.97 Å². The molecule has 18 heavy (non-hydrogen) atoms. The molecule has 0 N–H and O–H groups in total. The highest BCUT2D eigenvalue weighted by Gasteiger charge is 2.07. The average Bonchev–Trinajstić information content (AvgIpc) is 2.46. The molecule has 2 rings (SSSR count).